The predicted octanol–water partition coefficient (Wildman–Crippen LogP) is 4.88. The van der Waals surface area contributed by atoms with E-state index in [1.807, 2.05) is 0 Å². The number of hydrogen-bond acceptors (Lipinski definition) is 4. The minimum Gasteiger partial charge on any atom is -0.506 e. The van der Waals surface area contributed by atoms with Crippen LogP contribution in [0.2, 0.25) is 0 Å². The molecule has 0 amide bonds. The molecule has 0 radical (unpaired) electrons. The summed E-state index contributed by atoms with van der Waals surface area (Å²) in [5.41, 5.74) is 1.86. The summed E-state index contributed by atoms with van der Waals surface area (Å²) in [4.78, 5) is 14.5. The van der Waals surface area contributed by atoms with Gasteiger partial charge in [-0.25, -0.2) is 0 Å². The zero-order chi connectivity index (χ0) is 15.6. The highest BCUT2D eigenvalue weighted by Gasteiger charge is 2.08. The number of nitro benzene ring substituents is 1. The van der Waals surface area contributed by atoms with E-state index < -0.39 is 4.92 Å². The molecule has 21 heavy (non-hydrogen) atoms. The fourth-order valence-corrected chi connectivity index (χ4v) is 2.98. The van der Waals surface area contributed by atoms with Crippen molar-refractivity contribution in [1.82, 2.24) is 0 Å². The molecule has 0 aliphatic rings. The summed E-state index contributed by atoms with van der Waals surface area (Å²) in [6.07, 6.45) is 1.51. The maximum Gasteiger partial charge on any atom is 0.269 e. The lowest BCUT2D eigenvalue weighted by atomic mass is 10.2. The summed E-state index contributed by atoms with van der Waals surface area (Å²) in [5.74, 6) is 0.0847. The van der Waals surface area contributed by atoms with Crippen molar-refractivity contribution in [3.63, 3.8) is 0 Å². The van der Waals surface area contributed by atoms with Crippen LogP contribution in [0.5, 0.6) is 5.75 Å². The van der Waals surface area contributed by atoms with Crippen LogP contribution in [0, 0.1) is 17.0 Å². The highest BCUT2D eigenvalue weighted by molar-refractivity contribution is 9.11. The molecular formula is C14H10Br2N2O3. The van der Waals surface area contributed by atoms with Crippen LogP contribution in [0.15, 0.2) is 44.3 Å². The summed E-state index contributed by atoms with van der Waals surface area (Å²) in [7, 11) is 0. The van der Waals surface area contributed by atoms with Gasteiger partial charge in [0.2, 0.25) is 0 Å². The molecule has 2 rings (SSSR count). The third-order valence-electron chi connectivity index (χ3n) is 2.79. The van der Waals surface area contributed by atoms with E-state index in [1.54, 1.807) is 25.1 Å². The van der Waals surface area contributed by atoms with Crippen molar-refractivity contribution in [2.75, 3.05) is 0 Å². The van der Waals surface area contributed by atoms with Gasteiger partial charge in [-0.05, 0) is 46.6 Å². The molecule has 0 fully saturated rings. The van der Waals surface area contributed by atoms with Gasteiger partial charge in [-0.15, -0.1) is 0 Å². The van der Waals surface area contributed by atoms with Gasteiger partial charge in [-0.3, -0.25) is 15.1 Å². The van der Waals surface area contributed by atoms with Crippen LogP contribution in [-0.2, 0) is 0 Å². The van der Waals surface area contributed by atoms with Crippen LogP contribution in [0.25, 0.3) is 0 Å². The molecule has 0 aromatic heterocycles. The fraction of sp³-hybridized carbons (Fsp3) is 0.0714. The quantitative estimate of drug-likeness (QED) is 0.442. The number of phenolic OH excluding ortho intramolecular Hbond substituents is 1. The van der Waals surface area contributed by atoms with Crippen LogP contribution in [0.4, 0.5) is 11.4 Å². The number of nitro groups is 1. The van der Waals surface area contributed by atoms with Gasteiger partial charge >= 0.3 is 0 Å². The van der Waals surface area contributed by atoms with Crippen molar-refractivity contribution in [1.29, 1.82) is 0 Å². The Bertz CT molecular complexity index is 745. The average molecular weight is 414 g/mol. The monoisotopic (exact) mass is 412 g/mol. The molecule has 108 valence electrons. The second kappa shape index (κ2) is 6.36. The zero-order valence-electron chi connectivity index (χ0n) is 10.9. The van der Waals surface area contributed by atoms with E-state index >= 15 is 0 Å². The lowest BCUT2D eigenvalue weighted by Gasteiger charge is -2.03. The third kappa shape index (κ3) is 3.68. The number of aryl methyl sites for hydroxylation is 1. The van der Waals surface area contributed by atoms with E-state index in [0.29, 0.717) is 21.3 Å². The molecule has 0 aliphatic carbocycles. The summed E-state index contributed by atoms with van der Waals surface area (Å²) in [6.45, 7) is 1.75. The molecule has 1 N–H and O–H groups in total. The van der Waals surface area contributed by atoms with Gasteiger partial charge in [0.1, 0.15) is 5.75 Å². The van der Waals surface area contributed by atoms with Crippen LogP contribution in [0.1, 0.15) is 11.1 Å². The predicted molar refractivity (Wildman–Crippen MR) is 88.6 cm³/mol. The Kier molecular flexibility index (Phi) is 4.74. The minimum absolute atomic E-state index is 0.0273. The highest BCUT2D eigenvalue weighted by atomic mass is 79.9. The second-order valence-electron chi connectivity index (χ2n) is 4.31. The highest BCUT2D eigenvalue weighted by Crippen LogP contribution is 2.31. The first kappa shape index (κ1) is 15.7. The number of rotatable bonds is 3. The molecule has 0 aliphatic heterocycles. The van der Waals surface area contributed by atoms with Crippen molar-refractivity contribution < 1.29 is 10.0 Å². The molecule has 0 atom stereocenters. The van der Waals surface area contributed by atoms with Crippen LogP contribution >= 0.6 is 31.9 Å². The number of non-ortho nitro benzene ring substituents is 1. The number of benzene rings is 2. The molecule has 2 aromatic carbocycles. The number of aliphatic imine (C=N–C) groups is 1. The third-order valence-corrected chi connectivity index (χ3v) is 3.85. The first-order chi connectivity index (χ1) is 9.88. The summed E-state index contributed by atoms with van der Waals surface area (Å²) in [6, 6.07) is 7.89. The van der Waals surface area contributed by atoms with Crippen molar-refractivity contribution in [2.24, 2.45) is 4.99 Å². The molecule has 2 aromatic rings. The van der Waals surface area contributed by atoms with Crippen molar-refractivity contribution in [3.8, 4) is 5.75 Å². The van der Waals surface area contributed by atoms with E-state index in [2.05, 4.69) is 36.9 Å². The molecule has 0 bridgehead atoms. The second-order valence-corrected chi connectivity index (χ2v) is 6.08. The molecular weight excluding hydrogens is 404 g/mol. The number of hydrogen-bond donors (Lipinski definition) is 1. The topological polar surface area (TPSA) is 75.7 Å². The minimum atomic E-state index is -0.447. The van der Waals surface area contributed by atoms with Gasteiger partial charge in [-0.1, -0.05) is 15.9 Å². The fourth-order valence-electron chi connectivity index (χ4n) is 1.72. The number of phenols is 1. The van der Waals surface area contributed by atoms with Gasteiger partial charge in [0.05, 0.1) is 15.1 Å². The van der Waals surface area contributed by atoms with E-state index in [0.717, 1.165) is 4.47 Å². The van der Waals surface area contributed by atoms with Gasteiger partial charge in [0.25, 0.3) is 5.69 Å². The van der Waals surface area contributed by atoms with Gasteiger partial charge in [0.15, 0.2) is 0 Å². The largest absolute Gasteiger partial charge is 0.506 e. The van der Waals surface area contributed by atoms with Crippen molar-refractivity contribution >= 4 is 49.4 Å². The van der Waals surface area contributed by atoms with E-state index in [-0.39, 0.29) is 11.4 Å². The molecule has 0 heterocycles. The van der Waals surface area contributed by atoms with Crippen molar-refractivity contribution in [2.45, 2.75) is 6.92 Å². The number of halogens is 2. The lowest BCUT2D eigenvalue weighted by Crippen LogP contribution is -1.89. The van der Waals surface area contributed by atoms with E-state index in [9.17, 15) is 15.2 Å². The Balaban J connectivity index is 2.36. The van der Waals surface area contributed by atoms with Crippen LogP contribution in [-0.4, -0.2) is 16.2 Å². The smallest absolute Gasteiger partial charge is 0.269 e. The summed E-state index contributed by atoms with van der Waals surface area (Å²) < 4.78 is 1.35. The SMILES string of the molecule is Cc1cc([N+](=O)[O-])ccc1N=Cc1cc(Br)cc(Br)c1O. The van der Waals surface area contributed by atoms with Gasteiger partial charge in [-0.2, -0.15) is 0 Å². The molecule has 0 spiro atoms. The Morgan fingerprint density at radius 3 is 2.62 bits per heavy atom. The Morgan fingerprint density at radius 1 is 1.29 bits per heavy atom. The Hall–Kier alpha value is -1.73. The summed E-state index contributed by atoms with van der Waals surface area (Å²) >= 11 is 6.58. The van der Waals surface area contributed by atoms with Crippen molar-refractivity contribution in [3.05, 3.63) is 60.5 Å². The standard InChI is InChI=1S/C14H10Br2N2O3/c1-8-4-11(18(20)21)2-3-13(8)17-7-9-5-10(15)6-12(16)14(9)19/h2-7,19H,1H3. The maximum absolute atomic E-state index is 10.7. The average Bonchev–Trinajstić information content (AvgIpc) is 2.42. The van der Waals surface area contributed by atoms with Gasteiger partial charge in [0, 0.05) is 28.4 Å². The lowest BCUT2D eigenvalue weighted by molar-refractivity contribution is -0.384. The summed E-state index contributed by atoms with van der Waals surface area (Å²) in [5, 5.41) is 20.6. The molecule has 0 saturated carbocycles. The van der Waals surface area contributed by atoms with Gasteiger partial charge < -0.3 is 5.11 Å². The Morgan fingerprint density at radius 2 is 2.00 bits per heavy atom. The molecule has 0 saturated heterocycles. The molecule has 7 heteroatoms. The normalized spacial score (nSPS) is 11.0. The van der Waals surface area contributed by atoms with Crippen LogP contribution < -0.4 is 0 Å². The first-order valence-electron chi connectivity index (χ1n) is 5.85. The first-order valence-corrected chi connectivity index (χ1v) is 7.44. The number of aromatic hydroxyl groups is 1. The molecule has 0 unspecified atom stereocenters. The zero-order valence-corrected chi connectivity index (χ0v) is 14.1. The van der Waals surface area contributed by atoms with E-state index in [4.69, 9.17) is 0 Å². The maximum atomic E-state index is 10.7. The molecule has 5 nitrogen and oxygen atoms in total. The van der Waals surface area contributed by atoms with E-state index in [1.165, 1.54) is 18.3 Å². The Labute approximate surface area is 137 Å². The number of nitrogens with zero attached hydrogens (tertiary/aromatic N) is 2. The van der Waals surface area contributed by atoms with Crippen LogP contribution in [0.3, 0.4) is 0 Å².